The predicted molar refractivity (Wildman–Crippen MR) is 75.2 cm³/mol. The molecule has 104 valence electrons. The van der Waals surface area contributed by atoms with Crippen LogP contribution >= 0.6 is 11.6 Å². The molecule has 1 N–H and O–H groups in total. The lowest BCUT2D eigenvalue weighted by Crippen LogP contribution is -1.99. The summed E-state index contributed by atoms with van der Waals surface area (Å²) < 4.78 is 0. The van der Waals surface area contributed by atoms with Gasteiger partial charge in [-0.05, 0) is 29.3 Å². The minimum absolute atomic E-state index is 0.201. The summed E-state index contributed by atoms with van der Waals surface area (Å²) in [4.78, 5) is 21.2. The zero-order valence-electron chi connectivity index (χ0n) is 10.4. The van der Waals surface area contributed by atoms with Gasteiger partial charge in [0.1, 0.15) is 6.07 Å². The zero-order valence-corrected chi connectivity index (χ0v) is 11.2. The number of aromatic carboxylic acids is 1. The van der Waals surface area contributed by atoms with E-state index in [1.807, 2.05) is 6.07 Å². The van der Waals surface area contributed by atoms with Gasteiger partial charge in [0.2, 0.25) is 0 Å². The number of hydrogen-bond acceptors (Lipinski definition) is 4. The molecule has 0 aromatic heterocycles. The largest absolute Gasteiger partial charge is 0.478 e. The molecule has 0 bridgehead atoms. The molecule has 2 rings (SSSR count). The highest BCUT2D eigenvalue weighted by Crippen LogP contribution is 2.29. The first-order valence-corrected chi connectivity index (χ1v) is 6.03. The molecule has 2 aromatic rings. The van der Waals surface area contributed by atoms with E-state index in [9.17, 15) is 14.9 Å². The van der Waals surface area contributed by atoms with Gasteiger partial charge >= 0.3 is 5.97 Å². The Hall–Kier alpha value is -2.91. The molecule has 0 heterocycles. The lowest BCUT2D eigenvalue weighted by atomic mass is 10.0. The van der Waals surface area contributed by atoms with E-state index in [0.29, 0.717) is 11.1 Å². The highest BCUT2D eigenvalue weighted by molar-refractivity contribution is 6.31. The molecule has 6 nitrogen and oxygen atoms in total. The van der Waals surface area contributed by atoms with Crippen molar-refractivity contribution in [3.63, 3.8) is 0 Å². The maximum Gasteiger partial charge on any atom is 0.335 e. The van der Waals surface area contributed by atoms with Gasteiger partial charge in [0.05, 0.1) is 21.1 Å². The molecule has 2 aromatic carbocycles. The quantitative estimate of drug-likeness (QED) is 0.690. The van der Waals surface area contributed by atoms with Crippen molar-refractivity contribution in [3.05, 3.63) is 62.7 Å². The maximum atomic E-state index is 11.0. The summed E-state index contributed by atoms with van der Waals surface area (Å²) in [7, 11) is 0. The lowest BCUT2D eigenvalue weighted by molar-refractivity contribution is -0.384. The fraction of sp³-hybridized carbons (Fsp3) is 0. The van der Waals surface area contributed by atoms with Crippen molar-refractivity contribution in [2.75, 3.05) is 0 Å². The monoisotopic (exact) mass is 302 g/mol. The summed E-state index contributed by atoms with van der Waals surface area (Å²) >= 11 is 5.82. The van der Waals surface area contributed by atoms with E-state index in [1.165, 1.54) is 24.3 Å². The molecule has 21 heavy (non-hydrogen) atoms. The van der Waals surface area contributed by atoms with Crippen molar-refractivity contribution in [2.24, 2.45) is 0 Å². The second-order valence-electron chi connectivity index (χ2n) is 4.14. The van der Waals surface area contributed by atoms with Crippen LogP contribution in [0.25, 0.3) is 11.1 Å². The Balaban J connectivity index is 2.66. The number of nitro groups is 1. The number of nitro benzene ring substituents is 1. The van der Waals surface area contributed by atoms with E-state index in [4.69, 9.17) is 22.0 Å². The number of halogens is 1. The first kappa shape index (κ1) is 14.5. The Bertz CT molecular complexity index is 764. The van der Waals surface area contributed by atoms with Crippen LogP contribution in [0.2, 0.25) is 5.02 Å². The first-order valence-electron chi connectivity index (χ1n) is 5.65. The highest BCUT2D eigenvalue weighted by atomic mass is 35.5. The second-order valence-corrected chi connectivity index (χ2v) is 4.54. The third kappa shape index (κ3) is 2.99. The third-order valence-corrected chi connectivity index (χ3v) is 3.13. The Morgan fingerprint density at radius 1 is 1.24 bits per heavy atom. The van der Waals surface area contributed by atoms with Crippen molar-refractivity contribution in [1.29, 1.82) is 5.26 Å². The molecular formula is C14H7ClN2O4. The van der Waals surface area contributed by atoms with Gasteiger partial charge in [0, 0.05) is 12.1 Å². The van der Waals surface area contributed by atoms with Crippen LogP contribution < -0.4 is 0 Å². The van der Waals surface area contributed by atoms with Crippen molar-refractivity contribution in [2.45, 2.75) is 0 Å². The molecule has 0 saturated carbocycles. The second kappa shape index (κ2) is 5.61. The standard InChI is InChI=1S/C14H7ClN2O4/c15-13-2-1-8(3-11(13)7-16)9-4-10(14(18)19)6-12(5-9)17(20)21/h1-6H,(H,18,19). The summed E-state index contributed by atoms with van der Waals surface area (Å²) in [6.07, 6.45) is 0. The number of carbonyl (C=O) groups is 1. The van der Waals surface area contributed by atoms with Gasteiger partial charge in [-0.3, -0.25) is 10.1 Å². The number of rotatable bonds is 3. The molecule has 0 saturated heterocycles. The van der Waals surface area contributed by atoms with Crippen LogP contribution in [-0.4, -0.2) is 16.0 Å². The fourth-order valence-corrected chi connectivity index (χ4v) is 1.96. The Kier molecular flexibility index (Phi) is 3.87. The van der Waals surface area contributed by atoms with Gasteiger partial charge in [0.15, 0.2) is 0 Å². The number of carboxylic acids is 1. The molecule has 0 radical (unpaired) electrons. The van der Waals surface area contributed by atoms with E-state index in [2.05, 4.69) is 0 Å². The van der Waals surface area contributed by atoms with Crippen molar-refractivity contribution in [1.82, 2.24) is 0 Å². The maximum absolute atomic E-state index is 11.0. The number of nitriles is 1. The summed E-state index contributed by atoms with van der Waals surface area (Å²) in [6.45, 7) is 0. The summed E-state index contributed by atoms with van der Waals surface area (Å²) in [5.41, 5.74) is 0.473. The molecule has 0 amide bonds. The van der Waals surface area contributed by atoms with E-state index in [-0.39, 0.29) is 21.8 Å². The smallest absolute Gasteiger partial charge is 0.335 e. The first-order chi connectivity index (χ1) is 9.92. The summed E-state index contributed by atoms with van der Waals surface area (Å²) in [5, 5.41) is 29.1. The Labute approximate surface area is 124 Å². The molecule has 0 fully saturated rings. The highest BCUT2D eigenvalue weighted by Gasteiger charge is 2.15. The van der Waals surface area contributed by atoms with Crippen molar-refractivity contribution < 1.29 is 14.8 Å². The van der Waals surface area contributed by atoms with Crippen LogP contribution in [0, 0.1) is 21.4 Å². The van der Waals surface area contributed by atoms with Crippen LogP contribution in [-0.2, 0) is 0 Å². The van der Waals surface area contributed by atoms with E-state index in [0.717, 1.165) is 6.07 Å². The molecule has 0 atom stereocenters. The van der Waals surface area contributed by atoms with Gasteiger partial charge in [-0.2, -0.15) is 5.26 Å². The number of nitrogens with zero attached hydrogens (tertiary/aromatic N) is 2. The van der Waals surface area contributed by atoms with Crippen LogP contribution in [0.1, 0.15) is 15.9 Å². The topological polar surface area (TPSA) is 104 Å². The van der Waals surface area contributed by atoms with E-state index >= 15 is 0 Å². The molecule has 0 spiro atoms. The summed E-state index contributed by atoms with van der Waals surface area (Å²) in [5.74, 6) is -1.27. The lowest BCUT2D eigenvalue weighted by Gasteiger charge is -2.05. The minimum atomic E-state index is -1.27. The van der Waals surface area contributed by atoms with Crippen molar-refractivity contribution >= 4 is 23.3 Å². The molecular weight excluding hydrogens is 296 g/mol. The number of benzene rings is 2. The average Bonchev–Trinajstić information content (AvgIpc) is 2.47. The number of non-ortho nitro benzene ring substituents is 1. The SMILES string of the molecule is N#Cc1cc(-c2cc(C(=O)O)cc([N+](=O)[O-])c2)ccc1Cl. The Morgan fingerprint density at radius 3 is 2.52 bits per heavy atom. The predicted octanol–water partition coefficient (Wildman–Crippen LogP) is 3.49. The van der Waals surface area contributed by atoms with Gasteiger partial charge in [-0.15, -0.1) is 0 Å². The van der Waals surface area contributed by atoms with E-state index < -0.39 is 10.9 Å². The zero-order chi connectivity index (χ0) is 15.6. The number of carboxylic acid groups (broad SMARTS) is 1. The van der Waals surface area contributed by atoms with Gasteiger partial charge < -0.3 is 5.11 Å². The van der Waals surface area contributed by atoms with E-state index in [1.54, 1.807) is 6.07 Å². The van der Waals surface area contributed by atoms with Crippen molar-refractivity contribution in [3.8, 4) is 17.2 Å². The molecule has 0 aliphatic carbocycles. The average molecular weight is 303 g/mol. The third-order valence-electron chi connectivity index (χ3n) is 2.80. The van der Waals surface area contributed by atoms with Crippen LogP contribution in [0.3, 0.4) is 0 Å². The number of hydrogen-bond donors (Lipinski definition) is 1. The molecule has 0 unspecified atom stereocenters. The normalized spacial score (nSPS) is 9.90. The molecule has 0 aliphatic rings. The Morgan fingerprint density at radius 2 is 1.95 bits per heavy atom. The molecule has 7 heteroatoms. The minimum Gasteiger partial charge on any atom is -0.478 e. The molecule has 0 aliphatic heterocycles. The van der Waals surface area contributed by atoms with Gasteiger partial charge in [-0.1, -0.05) is 17.7 Å². The van der Waals surface area contributed by atoms with Gasteiger partial charge in [0.25, 0.3) is 5.69 Å². The van der Waals surface area contributed by atoms with Gasteiger partial charge in [-0.25, -0.2) is 4.79 Å². The summed E-state index contributed by atoms with van der Waals surface area (Å²) in [6, 6.07) is 9.92. The van der Waals surface area contributed by atoms with Crippen LogP contribution in [0.15, 0.2) is 36.4 Å². The fourth-order valence-electron chi connectivity index (χ4n) is 1.80. The van der Waals surface area contributed by atoms with Crippen LogP contribution in [0.4, 0.5) is 5.69 Å². The van der Waals surface area contributed by atoms with Crippen LogP contribution in [0.5, 0.6) is 0 Å².